The van der Waals surface area contributed by atoms with Crippen molar-refractivity contribution in [3.8, 4) is 5.75 Å². The van der Waals surface area contributed by atoms with Gasteiger partial charge in [-0.25, -0.2) is 18.6 Å². The number of amides is 1. The molecule has 0 aliphatic carbocycles. The van der Waals surface area contributed by atoms with Gasteiger partial charge in [0.25, 0.3) is 15.9 Å². The first kappa shape index (κ1) is 26.9. The third-order valence-electron chi connectivity index (χ3n) is 5.09. The van der Waals surface area contributed by atoms with Crippen molar-refractivity contribution in [1.82, 2.24) is 5.43 Å². The zero-order chi connectivity index (χ0) is 27.1. The molecule has 8 nitrogen and oxygen atoms in total. The van der Waals surface area contributed by atoms with Crippen LogP contribution >= 0.6 is 23.2 Å². The number of nitrogens with zero attached hydrogens (tertiary/aromatic N) is 1. The number of halogens is 2. The van der Waals surface area contributed by atoms with E-state index in [0.717, 1.165) is 0 Å². The summed E-state index contributed by atoms with van der Waals surface area (Å²) in [5.74, 6) is -0.843. The molecule has 0 saturated heterocycles. The number of para-hydroxylation sites is 1. The summed E-state index contributed by atoms with van der Waals surface area (Å²) in [5.41, 5.74) is 3.70. The molecule has 0 atom stereocenters. The molecule has 4 rings (SSSR count). The average Bonchev–Trinajstić information content (AvgIpc) is 2.90. The molecule has 4 aromatic rings. The summed E-state index contributed by atoms with van der Waals surface area (Å²) in [6.07, 6.45) is 1.34. The van der Waals surface area contributed by atoms with Gasteiger partial charge in [0, 0.05) is 26.9 Å². The first-order valence-corrected chi connectivity index (χ1v) is 13.2. The van der Waals surface area contributed by atoms with E-state index < -0.39 is 21.9 Å². The molecule has 0 aliphatic heterocycles. The maximum Gasteiger partial charge on any atom is 0.343 e. The van der Waals surface area contributed by atoms with E-state index in [1.165, 1.54) is 54.7 Å². The molecular weight excluding hydrogens is 549 g/mol. The Morgan fingerprint density at radius 2 is 1.34 bits per heavy atom. The van der Waals surface area contributed by atoms with Crippen molar-refractivity contribution in [2.75, 3.05) is 4.72 Å². The first-order chi connectivity index (χ1) is 18.2. The number of ether oxygens (including phenoxy) is 1. The van der Waals surface area contributed by atoms with Gasteiger partial charge in [-0.15, -0.1) is 0 Å². The molecule has 0 radical (unpaired) electrons. The fourth-order valence-corrected chi connectivity index (χ4v) is 4.48. The van der Waals surface area contributed by atoms with Crippen LogP contribution in [0.5, 0.6) is 5.75 Å². The van der Waals surface area contributed by atoms with Crippen LogP contribution in [-0.4, -0.2) is 26.5 Å². The number of nitrogens with one attached hydrogen (secondary N) is 2. The van der Waals surface area contributed by atoms with Crippen molar-refractivity contribution >= 4 is 57.0 Å². The summed E-state index contributed by atoms with van der Waals surface area (Å²) in [6, 6.07) is 24.5. The second-order valence-electron chi connectivity index (χ2n) is 7.77. The van der Waals surface area contributed by atoms with Crippen LogP contribution < -0.4 is 14.9 Å². The maximum atomic E-state index is 12.5. The Labute approximate surface area is 228 Å². The molecule has 1 amide bonds. The van der Waals surface area contributed by atoms with E-state index in [-0.39, 0.29) is 21.9 Å². The first-order valence-electron chi connectivity index (χ1n) is 11.0. The van der Waals surface area contributed by atoms with Crippen LogP contribution in [0.1, 0.15) is 26.3 Å². The highest BCUT2D eigenvalue weighted by molar-refractivity contribution is 7.92. The molecule has 0 aliphatic rings. The molecule has 2 N–H and O–H groups in total. The second-order valence-corrected chi connectivity index (χ2v) is 10.3. The lowest BCUT2D eigenvalue weighted by atomic mass is 10.2. The van der Waals surface area contributed by atoms with Gasteiger partial charge in [-0.05, 0) is 84.9 Å². The van der Waals surface area contributed by atoms with Crippen LogP contribution in [0.3, 0.4) is 0 Å². The number of hydrazone groups is 1. The van der Waals surface area contributed by atoms with Crippen molar-refractivity contribution in [3.05, 3.63) is 124 Å². The van der Waals surface area contributed by atoms with E-state index in [0.29, 0.717) is 21.2 Å². The minimum Gasteiger partial charge on any atom is -0.422 e. The van der Waals surface area contributed by atoms with E-state index in [2.05, 4.69) is 15.2 Å². The standard InChI is InChI=1S/C27H19Cl2N3O5S/c28-21-9-5-19(6-10-21)27(34)37-25-4-2-1-3-20(25)17-30-31-26(33)18-7-13-23(14-8-18)32-38(35,36)24-15-11-22(29)12-16-24/h1-17,32H,(H,31,33)/b30-17+. The van der Waals surface area contributed by atoms with Gasteiger partial charge in [-0.2, -0.15) is 5.10 Å². The Balaban J connectivity index is 1.37. The Morgan fingerprint density at radius 1 is 0.763 bits per heavy atom. The lowest BCUT2D eigenvalue weighted by Crippen LogP contribution is -2.18. The second kappa shape index (κ2) is 11.9. The SMILES string of the molecule is O=C(N/N=C/c1ccccc1OC(=O)c1ccc(Cl)cc1)c1ccc(NS(=O)(=O)c2ccc(Cl)cc2)cc1. The molecule has 38 heavy (non-hydrogen) atoms. The lowest BCUT2D eigenvalue weighted by molar-refractivity contribution is 0.0734. The summed E-state index contributed by atoms with van der Waals surface area (Å²) >= 11 is 11.7. The average molecular weight is 568 g/mol. The highest BCUT2D eigenvalue weighted by atomic mass is 35.5. The van der Waals surface area contributed by atoms with Gasteiger partial charge in [-0.1, -0.05) is 35.3 Å². The van der Waals surface area contributed by atoms with Gasteiger partial charge in [0.15, 0.2) is 0 Å². The number of carbonyl (C=O) groups is 2. The van der Waals surface area contributed by atoms with Crippen LogP contribution in [0.4, 0.5) is 5.69 Å². The molecule has 4 aromatic carbocycles. The number of benzene rings is 4. The van der Waals surface area contributed by atoms with E-state index in [1.807, 2.05) is 0 Å². The van der Waals surface area contributed by atoms with Gasteiger partial charge in [0.05, 0.1) is 16.7 Å². The predicted molar refractivity (Wildman–Crippen MR) is 147 cm³/mol. The fourth-order valence-electron chi connectivity index (χ4n) is 3.17. The minimum atomic E-state index is -3.82. The molecule has 0 spiro atoms. The molecule has 0 saturated carbocycles. The zero-order valence-electron chi connectivity index (χ0n) is 19.5. The Morgan fingerprint density at radius 3 is 2.00 bits per heavy atom. The Bertz CT molecular complexity index is 1590. The van der Waals surface area contributed by atoms with Gasteiger partial charge < -0.3 is 4.74 Å². The number of hydrogen-bond acceptors (Lipinski definition) is 6. The van der Waals surface area contributed by atoms with Crippen LogP contribution in [0.25, 0.3) is 0 Å². The molecule has 0 unspecified atom stereocenters. The zero-order valence-corrected chi connectivity index (χ0v) is 21.8. The van der Waals surface area contributed by atoms with Gasteiger partial charge in [0.2, 0.25) is 0 Å². The number of carbonyl (C=O) groups excluding carboxylic acids is 2. The van der Waals surface area contributed by atoms with E-state index in [9.17, 15) is 18.0 Å². The largest absolute Gasteiger partial charge is 0.422 e. The van der Waals surface area contributed by atoms with Crippen LogP contribution in [0.15, 0.2) is 107 Å². The van der Waals surface area contributed by atoms with Crippen LogP contribution in [-0.2, 0) is 10.0 Å². The van der Waals surface area contributed by atoms with Crippen molar-refractivity contribution in [1.29, 1.82) is 0 Å². The monoisotopic (exact) mass is 567 g/mol. The highest BCUT2D eigenvalue weighted by Crippen LogP contribution is 2.20. The normalized spacial score (nSPS) is 11.2. The third-order valence-corrected chi connectivity index (χ3v) is 7.00. The fraction of sp³-hybridized carbons (Fsp3) is 0. The van der Waals surface area contributed by atoms with Gasteiger partial charge in [-0.3, -0.25) is 9.52 Å². The van der Waals surface area contributed by atoms with Crippen molar-refractivity contribution in [2.45, 2.75) is 4.90 Å². The van der Waals surface area contributed by atoms with Gasteiger partial charge in [0.1, 0.15) is 5.75 Å². The number of hydrogen-bond donors (Lipinski definition) is 2. The van der Waals surface area contributed by atoms with Crippen LogP contribution in [0, 0.1) is 0 Å². The van der Waals surface area contributed by atoms with E-state index >= 15 is 0 Å². The molecule has 0 aromatic heterocycles. The van der Waals surface area contributed by atoms with Crippen LogP contribution in [0.2, 0.25) is 10.0 Å². The molecular formula is C27H19Cl2N3O5S. The topological polar surface area (TPSA) is 114 Å². The Hall–Kier alpha value is -4.18. The van der Waals surface area contributed by atoms with Crippen molar-refractivity contribution < 1.29 is 22.7 Å². The number of sulfonamides is 1. The van der Waals surface area contributed by atoms with Crippen molar-refractivity contribution in [3.63, 3.8) is 0 Å². The molecule has 11 heteroatoms. The van der Waals surface area contributed by atoms with E-state index in [1.54, 1.807) is 48.5 Å². The summed E-state index contributed by atoms with van der Waals surface area (Å²) in [5, 5.41) is 4.86. The minimum absolute atomic E-state index is 0.0529. The summed E-state index contributed by atoms with van der Waals surface area (Å²) in [7, 11) is -3.82. The molecule has 0 fully saturated rings. The molecule has 192 valence electrons. The number of rotatable bonds is 8. The summed E-state index contributed by atoms with van der Waals surface area (Å²) in [6.45, 7) is 0. The highest BCUT2D eigenvalue weighted by Gasteiger charge is 2.15. The van der Waals surface area contributed by atoms with Gasteiger partial charge >= 0.3 is 5.97 Å². The number of esters is 1. The summed E-state index contributed by atoms with van der Waals surface area (Å²) < 4.78 is 32.9. The maximum absolute atomic E-state index is 12.5. The number of anilines is 1. The van der Waals surface area contributed by atoms with Crippen molar-refractivity contribution in [2.24, 2.45) is 5.10 Å². The smallest absolute Gasteiger partial charge is 0.343 e. The third kappa shape index (κ3) is 6.98. The predicted octanol–water partition coefficient (Wildman–Crippen LogP) is 5.78. The van der Waals surface area contributed by atoms with E-state index in [4.69, 9.17) is 27.9 Å². The Kier molecular flexibility index (Phi) is 8.42. The lowest BCUT2D eigenvalue weighted by Gasteiger charge is -2.09. The summed E-state index contributed by atoms with van der Waals surface area (Å²) in [4.78, 5) is 25.0. The molecule has 0 bridgehead atoms. The molecule has 0 heterocycles. The quantitative estimate of drug-likeness (QED) is 0.121.